The fourth-order valence-corrected chi connectivity index (χ4v) is 1.90. The Morgan fingerprint density at radius 1 is 1.80 bits per heavy atom. The Labute approximate surface area is 101 Å². The van der Waals surface area contributed by atoms with Crippen molar-refractivity contribution in [1.82, 2.24) is 15.4 Å². The van der Waals surface area contributed by atoms with Gasteiger partial charge in [0.2, 0.25) is 0 Å². The van der Waals surface area contributed by atoms with E-state index < -0.39 is 11.9 Å². The van der Waals surface area contributed by atoms with Crippen LogP contribution in [0.15, 0.2) is 0 Å². The minimum absolute atomic E-state index is 0.330. The SMILES string of the molecule is CCN1C(=O)N(OI)CC[C@H]1C(=O)NO. The predicted molar refractivity (Wildman–Crippen MR) is 57.9 cm³/mol. The summed E-state index contributed by atoms with van der Waals surface area (Å²) in [7, 11) is 0. The fourth-order valence-electron chi connectivity index (χ4n) is 1.53. The van der Waals surface area contributed by atoms with Crippen molar-refractivity contribution in [2.75, 3.05) is 13.1 Å². The number of urea groups is 1. The van der Waals surface area contributed by atoms with Gasteiger partial charge in [-0.25, -0.2) is 10.3 Å². The molecule has 0 unspecified atom stereocenters. The smallest absolute Gasteiger partial charge is 0.311 e. The van der Waals surface area contributed by atoms with Gasteiger partial charge >= 0.3 is 6.03 Å². The molecule has 1 aliphatic rings. The predicted octanol–water partition coefficient (Wildman–Crippen LogP) is 0.290. The quantitative estimate of drug-likeness (QED) is 0.443. The molecular formula is C7H12IN3O4. The number of hydrogen-bond acceptors (Lipinski definition) is 4. The van der Waals surface area contributed by atoms with Gasteiger partial charge in [0.25, 0.3) is 5.91 Å². The topological polar surface area (TPSA) is 82.1 Å². The molecule has 7 nitrogen and oxygen atoms in total. The second kappa shape index (κ2) is 5.47. The Bertz CT molecular complexity index is 263. The highest BCUT2D eigenvalue weighted by molar-refractivity contribution is 14.1. The van der Waals surface area contributed by atoms with Gasteiger partial charge in [-0.15, -0.1) is 0 Å². The lowest BCUT2D eigenvalue weighted by Gasteiger charge is -2.37. The van der Waals surface area contributed by atoms with E-state index >= 15 is 0 Å². The van der Waals surface area contributed by atoms with E-state index in [2.05, 4.69) is 0 Å². The molecule has 86 valence electrons. The Kier molecular flexibility index (Phi) is 4.54. The van der Waals surface area contributed by atoms with Gasteiger partial charge in [0.15, 0.2) is 0 Å². The van der Waals surface area contributed by atoms with Gasteiger partial charge in [-0.3, -0.25) is 10.0 Å². The lowest BCUT2D eigenvalue weighted by atomic mass is 10.1. The van der Waals surface area contributed by atoms with Crippen LogP contribution in [-0.2, 0) is 7.96 Å². The molecule has 1 aliphatic heterocycles. The fraction of sp³-hybridized carbons (Fsp3) is 0.714. The monoisotopic (exact) mass is 329 g/mol. The number of likely N-dealkylation sites (N-methyl/N-ethyl adjacent to an activating group) is 1. The van der Waals surface area contributed by atoms with E-state index in [-0.39, 0.29) is 6.03 Å². The summed E-state index contributed by atoms with van der Waals surface area (Å²) in [6.07, 6.45) is 0.426. The average molecular weight is 329 g/mol. The van der Waals surface area contributed by atoms with Gasteiger partial charge in [-0.1, -0.05) is 0 Å². The molecule has 3 amide bonds. The second-order valence-corrected chi connectivity index (χ2v) is 3.41. The first kappa shape index (κ1) is 12.5. The minimum Gasteiger partial charge on any atom is -0.311 e. The van der Waals surface area contributed by atoms with Crippen molar-refractivity contribution in [3.63, 3.8) is 0 Å². The van der Waals surface area contributed by atoms with Crippen LogP contribution in [0.2, 0.25) is 0 Å². The number of carbonyl (C=O) groups excluding carboxylic acids is 2. The van der Waals surface area contributed by atoms with Crippen LogP contribution >= 0.6 is 23.0 Å². The molecule has 0 aromatic heterocycles. The molecular weight excluding hydrogens is 317 g/mol. The summed E-state index contributed by atoms with van der Waals surface area (Å²) in [5.41, 5.74) is 1.56. The van der Waals surface area contributed by atoms with Gasteiger partial charge in [0.05, 0.1) is 6.54 Å². The van der Waals surface area contributed by atoms with Crippen LogP contribution in [0, 0.1) is 0 Å². The van der Waals surface area contributed by atoms with E-state index in [4.69, 9.17) is 8.37 Å². The minimum atomic E-state index is -0.629. The zero-order chi connectivity index (χ0) is 11.4. The average Bonchev–Trinajstić information content (AvgIpc) is 2.27. The molecule has 0 bridgehead atoms. The van der Waals surface area contributed by atoms with Crippen molar-refractivity contribution < 1.29 is 18.0 Å². The van der Waals surface area contributed by atoms with Crippen LogP contribution in [-0.4, -0.2) is 46.2 Å². The first-order valence-corrected chi connectivity index (χ1v) is 5.34. The summed E-state index contributed by atoms with van der Waals surface area (Å²) in [6, 6.07) is -0.998. The molecule has 2 N–H and O–H groups in total. The number of halogens is 1. The van der Waals surface area contributed by atoms with Crippen LogP contribution < -0.4 is 5.48 Å². The molecule has 1 fully saturated rings. The van der Waals surface area contributed by atoms with Crippen LogP contribution in [0.3, 0.4) is 0 Å². The Hall–Kier alpha value is -0.610. The van der Waals surface area contributed by atoms with Crippen molar-refractivity contribution in [2.45, 2.75) is 19.4 Å². The molecule has 0 radical (unpaired) electrons. The molecule has 15 heavy (non-hydrogen) atoms. The number of hydroxylamine groups is 3. The summed E-state index contributed by atoms with van der Waals surface area (Å²) in [4.78, 5) is 24.3. The van der Waals surface area contributed by atoms with Crippen molar-refractivity contribution in [1.29, 1.82) is 0 Å². The maximum atomic E-state index is 11.7. The van der Waals surface area contributed by atoms with Gasteiger partial charge in [-0.2, -0.15) is 8.23 Å². The Morgan fingerprint density at radius 2 is 2.47 bits per heavy atom. The molecule has 0 saturated carbocycles. The molecule has 0 aromatic carbocycles. The first-order valence-electron chi connectivity index (χ1n) is 4.46. The third-order valence-corrected chi connectivity index (χ3v) is 2.75. The standard InChI is InChI=1S/C7H12IN3O4/c1-2-10-5(6(12)9-14)3-4-11(15-8)7(10)13/h5,14H,2-4H2,1H3,(H,9,12)/t5-/m0/s1. The molecule has 0 aliphatic carbocycles. The summed E-state index contributed by atoms with van der Waals surface area (Å²) in [5.74, 6) is -0.571. The molecule has 1 atom stereocenters. The second-order valence-electron chi connectivity index (χ2n) is 3.02. The van der Waals surface area contributed by atoms with Crippen molar-refractivity contribution >= 4 is 34.9 Å². The van der Waals surface area contributed by atoms with Gasteiger partial charge in [-0.05, 0) is 13.3 Å². The highest BCUT2D eigenvalue weighted by Gasteiger charge is 2.36. The lowest BCUT2D eigenvalue weighted by Crippen LogP contribution is -2.58. The summed E-state index contributed by atoms with van der Waals surface area (Å²) in [5, 5.41) is 9.70. The maximum absolute atomic E-state index is 11.7. The molecule has 8 heteroatoms. The Balaban J connectivity index is 2.77. The molecule has 1 saturated heterocycles. The van der Waals surface area contributed by atoms with Crippen LogP contribution in [0.5, 0.6) is 0 Å². The third-order valence-electron chi connectivity index (χ3n) is 2.28. The highest BCUT2D eigenvalue weighted by Crippen LogP contribution is 2.17. The molecule has 1 heterocycles. The van der Waals surface area contributed by atoms with E-state index in [1.807, 2.05) is 0 Å². The number of amides is 3. The summed E-state index contributed by atoms with van der Waals surface area (Å²) in [6.45, 7) is 2.47. The van der Waals surface area contributed by atoms with E-state index in [0.29, 0.717) is 19.5 Å². The van der Waals surface area contributed by atoms with Gasteiger partial charge in [0.1, 0.15) is 29.0 Å². The van der Waals surface area contributed by atoms with Crippen molar-refractivity contribution in [3.05, 3.63) is 0 Å². The molecule has 0 aromatic rings. The third kappa shape index (κ3) is 2.49. The number of nitrogens with zero attached hydrogens (tertiary/aromatic N) is 2. The summed E-state index contributed by atoms with van der Waals surface area (Å²) >= 11 is 1.61. The number of carbonyl (C=O) groups is 2. The molecule has 0 spiro atoms. The van der Waals surface area contributed by atoms with Gasteiger partial charge < -0.3 is 4.90 Å². The molecule has 1 rings (SSSR count). The van der Waals surface area contributed by atoms with Crippen LogP contribution in [0.4, 0.5) is 4.79 Å². The number of nitrogens with one attached hydrogen (secondary N) is 1. The lowest BCUT2D eigenvalue weighted by molar-refractivity contribution is -0.137. The largest absolute Gasteiger partial charge is 0.345 e. The van der Waals surface area contributed by atoms with Gasteiger partial charge in [0, 0.05) is 6.54 Å². The van der Waals surface area contributed by atoms with Crippen molar-refractivity contribution in [2.24, 2.45) is 0 Å². The van der Waals surface area contributed by atoms with E-state index in [9.17, 15) is 9.59 Å². The number of hydrogen-bond donors (Lipinski definition) is 2. The maximum Gasteiger partial charge on any atom is 0.345 e. The summed E-state index contributed by atoms with van der Waals surface area (Å²) < 4.78 is 4.82. The van der Waals surface area contributed by atoms with E-state index in [1.54, 1.807) is 35.4 Å². The first-order chi connectivity index (χ1) is 7.15. The van der Waals surface area contributed by atoms with E-state index in [1.165, 1.54) is 9.96 Å². The zero-order valence-corrected chi connectivity index (χ0v) is 10.3. The van der Waals surface area contributed by atoms with E-state index in [0.717, 1.165) is 0 Å². The zero-order valence-electron chi connectivity index (χ0n) is 8.14. The van der Waals surface area contributed by atoms with Crippen LogP contribution in [0.25, 0.3) is 0 Å². The Morgan fingerprint density at radius 3 is 2.93 bits per heavy atom. The number of rotatable bonds is 3. The van der Waals surface area contributed by atoms with Crippen LogP contribution in [0.1, 0.15) is 13.3 Å². The normalized spacial score (nSPS) is 21.8. The van der Waals surface area contributed by atoms with Crippen molar-refractivity contribution in [3.8, 4) is 0 Å². The highest BCUT2D eigenvalue weighted by atomic mass is 127.